The Morgan fingerprint density at radius 1 is 1.44 bits per heavy atom. The summed E-state index contributed by atoms with van der Waals surface area (Å²) in [6.07, 6.45) is 4.82. The van der Waals surface area contributed by atoms with Crippen LogP contribution in [0.3, 0.4) is 0 Å². The molecule has 18 heavy (non-hydrogen) atoms. The minimum Gasteiger partial charge on any atom is -0.309 e. The third kappa shape index (κ3) is 3.38. The fourth-order valence-corrected chi connectivity index (χ4v) is 3.45. The first-order chi connectivity index (χ1) is 8.58. The lowest BCUT2D eigenvalue weighted by Crippen LogP contribution is -2.17. The second kappa shape index (κ2) is 6.24. The van der Waals surface area contributed by atoms with Gasteiger partial charge in [-0.05, 0) is 34.0 Å². The molecule has 0 spiro atoms. The van der Waals surface area contributed by atoms with E-state index in [-0.39, 0.29) is 5.56 Å². The van der Waals surface area contributed by atoms with E-state index in [0.29, 0.717) is 15.6 Å². The van der Waals surface area contributed by atoms with E-state index in [2.05, 4.69) is 39.7 Å². The molecule has 0 aromatic carbocycles. The second-order valence-electron chi connectivity index (χ2n) is 5.05. The Morgan fingerprint density at radius 2 is 2.11 bits per heavy atom. The standard InChI is InChI=1S/C13H19BrN2OS/c1-8(2)18-7-10-15-12(9-5-3-4-6-9)11(14)13(17)16-10/h8-9H,3-7H2,1-2H3,(H,15,16,17). The van der Waals surface area contributed by atoms with Crippen molar-refractivity contribution < 1.29 is 0 Å². The van der Waals surface area contributed by atoms with Crippen LogP contribution in [0.15, 0.2) is 9.27 Å². The third-order valence-corrected chi connectivity index (χ3v) is 5.11. The molecule has 1 N–H and O–H groups in total. The summed E-state index contributed by atoms with van der Waals surface area (Å²) in [6.45, 7) is 4.30. The molecule has 1 aromatic rings. The first-order valence-electron chi connectivity index (χ1n) is 6.48. The van der Waals surface area contributed by atoms with Crippen LogP contribution in [0.5, 0.6) is 0 Å². The molecule has 3 nitrogen and oxygen atoms in total. The van der Waals surface area contributed by atoms with Crippen LogP contribution >= 0.6 is 27.7 Å². The molecule has 1 aliphatic carbocycles. The van der Waals surface area contributed by atoms with Crippen molar-refractivity contribution >= 4 is 27.7 Å². The molecular weight excluding hydrogens is 312 g/mol. The van der Waals surface area contributed by atoms with Crippen molar-refractivity contribution in [2.45, 2.75) is 56.5 Å². The smallest absolute Gasteiger partial charge is 0.265 e. The summed E-state index contributed by atoms with van der Waals surface area (Å²) in [5.74, 6) is 2.05. The van der Waals surface area contributed by atoms with Crippen LogP contribution in [0.4, 0.5) is 0 Å². The molecule has 1 aromatic heterocycles. The van der Waals surface area contributed by atoms with Gasteiger partial charge in [-0.1, -0.05) is 26.7 Å². The Morgan fingerprint density at radius 3 is 2.72 bits per heavy atom. The van der Waals surface area contributed by atoms with Gasteiger partial charge in [0.25, 0.3) is 5.56 Å². The van der Waals surface area contributed by atoms with E-state index < -0.39 is 0 Å². The first kappa shape index (κ1) is 14.1. The van der Waals surface area contributed by atoms with Crippen LogP contribution in [-0.4, -0.2) is 15.2 Å². The van der Waals surface area contributed by atoms with Gasteiger partial charge in [-0.25, -0.2) is 4.98 Å². The number of H-pyrrole nitrogens is 1. The molecule has 0 saturated heterocycles. The van der Waals surface area contributed by atoms with Gasteiger partial charge in [0.15, 0.2) is 0 Å². The van der Waals surface area contributed by atoms with Gasteiger partial charge in [0, 0.05) is 5.92 Å². The molecule has 1 heterocycles. The van der Waals surface area contributed by atoms with Crippen molar-refractivity contribution in [3.8, 4) is 0 Å². The van der Waals surface area contributed by atoms with E-state index in [4.69, 9.17) is 0 Å². The molecule has 1 fully saturated rings. The predicted molar refractivity (Wildman–Crippen MR) is 80.2 cm³/mol. The lowest BCUT2D eigenvalue weighted by atomic mass is 10.0. The van der Waals surface area contributed by atoms with E-state index >= 15 is 0 Å². The van der Waals surface area contributed by atoms with Crippen molar-refractivity contribution in [1.82, 2.24) is 9.97 Å². The van der Waals surface area contributed by atoms with Crippen LogP contribution in [0.2, 0.25) is 0 Å². The van der Waals surface area contributed by atoms with Crippen LogP contribution in [0, 0.1) is 0 Å². The van der Waals surface area contributed by atoms with Gasteiger partial charge in [0.05, 0.1) is 11.4 Å². The van der Waals surface area contributed by atoms with Gasteiger partial charge in [0.1, 0.15) is 10.3 Å². The van der Waals surface area contributed by atoms with E-state index in [1.54, 1.807) is 11.8 Å². The maximum Gasteiger partial charge on any atom is 0.265 e. The van der Waals surface area contributed by atoms with Crippen LogP contribution in [0.25, 0.3) is 0 Å². The molecule has 2 rings (SSSR count). The summed E-state index contributed by atoms with van der Waals surface area (Å²) >= 11 is 5.19. The zero-order valence-corrected chi connectivity index (χ0v) is 13.2. The molecular formula is C13H19BrN2OS. The van der Waals surface area contributed by atoms with Crippen molar-refractivity contribution in [1.29, 1.82) is 0 Å². The SMILES string of the molecule is CC(C)SCc1nc(C2CCCC2)c(Br)c(=O)[nH]1. The number of nitrogens with zero attached hydrogens (tertiary/aromatic N) is 1. The number of thioether (sulfide) groups is 1. The van der Waals surface area contributed by atoms with Gasteiger partial charge in [0.2, 0.25) is 0 Å². The molecule has 0 atom stereocenters. The highest BCUT2D eigenvalue weighted by Crippen LogP contribution is 2.35. The lowest BCUT2D eigenvalue weighted by molar-refractivity contribution is 0.680. The van der Waals surface area contributed by atoms with Crippen molar-refractivity contribution in [3.05, 3.63) is 26.3 Å². The van der Waals surface area contributed by atoms with Crippen LogP contribution in [-0.2, 0) is 5.75 Å². The number of aromatic nitrogens is 2. The minimum absolute atomic E-state index is 0.0359. The first-order valence-corrected chi connectivity index (χ1v) is 8.32. The zero-order valence-electron chi connectivity index (χ0n) is 10.8. The van der Waals surface area contributed by atoms with E-state index in [9.17, 15) is 4.79 Å². The molecule has 100 valence electrons. The Balaban J connectivity index is 2.24. The molecule has 0 unspecified atom stereocenters. The summed E-state index contributed by atoms with van der Waals surface area (Å²) in [4.78, 5) is 19.4. The number of hydrogen-bond donors (Lipinski definition) is 1. The Kier molecular flexibility index (Phi) is 4.90. The van der Waals surface area contributed by atoms with E-state index in [1.165, 1.54) is 12.8 Å². The molecule has 5 heteroatoms. The highest BCUT2D eigenvalue weighted by molar-refractivity contribution is 9.10. The van der Waals surface area contributed by atoms with Gasteiger partial charge in [-0.2, -0.15) is 11.8 Å². The molecule has 0 aliphatic heterocycles. The minimum atomic E-state index is -0.0359. The summed E-state index contributed by atoms with van der Waals surface area (Å²) in [7, 11) is 0. The maximum absolute atomic E-state index is 11.9. The average Bonchev–Trinajstić information content (AvgIpc) is 2.84. The maximum atomic E-state index is 11.9. The Bertz CT molecular complexity index is 467. The second-order valence-corrected chi connectivity index (χ2v) is 7.41. The summed E-state index contributed by atoms with van der Waals surface area (Å²) < 4.78 is 0.632. The fraction of sp³-hybridized carbons (Fsp3) is 0.692. The highest BCUT2D eigenvalue weighted by atomic mass is 79.9. The number of nitrogens with one attached hydrogen (secondary N) is 1. The summed E-state index contributed by atoms with van der Waals surface area (Å²) in [5, 5.41) is 0.550. The molecule has 1 saturated carbocycles. The van der Waals surface area contributed by atoms with Crippen molar-refractivity contribution in [2.75, 3.05) is 0 Å². The van der Waals surface area contributed by atoms with E-state index in [0.717, 1.165) is 30.1 Å². The topological polar surface area (TPSA) is 45.8 Å². The summed E-state index contributed by atoms with van der Waals surface area (Å²) in [6, 6.07) is 0. The third-order valence-electron chi connectivity index (χ3n) is 3.23. The lowest BCUT2D eigenvalue weighted by Gasteiger charge is -2.12. The average molecular weight is 331 g/mol. The van der Waals surface area contributed by atoms with Crippen LogP contribution in [0.1, 0.15) is 57.0 Å². The number of rotatable bonds is 4. The van der Waals surface area contributed by atoms with Crippen molar-refractivity contribution in [3.63, 3.8) is 0 Å². The number of aromatic amines is 1. The molecule has 0 amide bonds. The fourth-order valence-electron chi connectivity index (χ4n) is 2.31. The Labute approximate surface area is 120 Å². The Hall–Kier alpha value is -0.290. The van der Waals surface area contributed by atoms with E-state index in [1.807, 2.05) is 0 Å². The van der Waals surface area contributed by atoms with Crippen molar-refractivity contribution in [2.24, 2.45) is 0 Å². The molecule has 0 bridgehead atoms. The zero-order chi connectivity index (χ0) is 13.1. The number of halogens is 1. The number of hydrogen-bond acceptors (Lipinski definition) is 3. The summed E-state index contributed by atoms with van der Waals surface area (Å²) in [5.41, 5.74) is 0.932. The van der Waals surface area contributed by atoms with Gasteiger partial charge in [-0.15, -0.1) is 0 Å². The van der Waals surface area contributed by atoms with Gasteiger partial charge >= 0.3 is 0 Å². The molecule has 1 aliphatic rings. The van der Waals surface area contributed by atoms with Crippen LogP contribution < -0.4 is 5.56 Å². The predicted octanol–water partition coefficient (Wildman–Crippen LogP) is 3.83. The highest BCUT2D eigenvalue weighted by Gasteiger charge is 2.22. The monoisotopic (exact) mass is 330 g/mol. The normalized spacial score (nSPS) is 16.7. The van der Waals surface area contributed by atoms with Gasteiger partial charge < -0.3 is 4.98 Å². The largest absolute Gasteiger partial charge is 0.309 e. The molecule has 0 radical (unpaired) electrons. The quantitative estimate of drug-likeness (QED) is 0.912. The van der Waals surface area contributed by atoms with Gasteiger partial charge in [-0.3, -0.25) is 4.79 Å².